The van der Waals surface area contributed by atoms with Gasteiger partial charge in [0.15, 0.2) is 11.5 Å². The van der Waals surface area contributed by atoms with Crippen LogP contribution in [-0.2, 0) is 11.3 Å². The highest BCUT2D eigenvalue weighted by molar-refractivity contribution is 5.95. The number of hydrogen-bond donors (Lipinski definition) is 0. The molecule has 0 saturated carbocycles. The fourth-order valence-corrected chi connectivity index (χ4v) is 2.24. The SMILES string of the molecule is COc1cc(C(=O)OCc2ccccc2[N+](=O)[O-])c([N+](=O)[O-])cc1OC(F)F. The first-order valence-corrected chi connectivity index (χ1v) is 7.45. The molecular formula is C16H12F2N2O8. The van der Waals surface area contributed by atoms with Gasteiger partial charge in [0.05, 0.1) is 28.6 Å². The molecule has 2 aromatic carbocycles. The average Bonchev–Trinajstić information content (AvgIpc) is 2.65. The van der Waals surface area contributed by atoms with Crippen molar-refractivity contribution >= 4 is 17.3 Å². The number of methoxy groups -OCH3 is 1. The Morgan fingerprint density at radius 3 is 2.29 bits per heavy atom. The Balaban J connectivity index is 2.34. The summed E-state index contributed by atoms with van der Waals surface area (Å²) < 4.78 is 38.8. The van der Waals surface area contributed by atoms with Crippen molar-refractivity contribution in [2.24, 2.45) is 0 Å². The molecule has 0 fully saturated rings. The molecule has 0 N–H and O–H groups in total. The molecule has 0 saturated heterocycles. The van der Waals surface area contributed by atoms with Gasteiger partial charge in [-0.1, -0.05) is 12.1 Å². The number of nitro groups is 2. The highest BCUT2D eigenvalue weighted by Crippen LogP contribution is 2.36. The molecule has 28 heavy (non-hydrogen) atoms. The summed E-state index contributed by atoms with van der Waals surface area (Å²) >= 11 is 0. The van der Waals surface area contributed by atoms with Gasteiger partial charge in [-0.15, -0.1) is 0 Å². The van der Waals surface area contributed by atoms with Crippen LogP contribution in [-0.4, -0.2) is 29.5 Å². The molecule has 0 amide bonds. The van der Waals surface area contributed by atoms with Crippen molar-refractivity contribution in [3.63, 3.8) is 0 Å². The van der Waals surface area contributed by atoms with Crippen molar-refractivity contribution < 1.29 is 37.6 Å². The predicted octanol–water partition coefficient (Wildman–Crippen LogP) is 3.47. The number of nitro benzene ring substituents is 2. The van der Waals surface area contributed by atoms with E-state index in [-0.39, 0.29) is 17.0 Å². The first-order chi connectivity index (χ1) is 13.2. The molecular weight excluding hydrogens is 386 g/mol. The van der Waals surface area contributed by atoms with Crippen molar-refractivity contribution in [2.75, 3.05) is 7.11 Å². The molecule has 0 aliphatic rings. The van der Waals surface area contributed by atoms with Gasteiger partial charge in [-0.2, -0.15) is 8.78 Å². The van der Waals surface area contributed by atoms with Crippen molar-refractivity contribution in [3.05, 3.63) is 67.8 Å². The topological polar surface area (TPSA) is 131 Å². The normalized spacial score (nSPS) is 10.4. The van der Waals surface area contributed by atoms with Gasteiger partial charge >= 0.3 is 12.6 Å². The van der Waals surface area contributed by atoms with Crippen molar-refractivity contribution in [2.45, 2.75) is 13.2 Å². The Hall–Kier alpha value is -3.83. The van der Waals surface area contributed by atoms with E-state index < -0.39 is 46.0 Å². The second-order valence-corrected chi connectivity index (χ2v) is 5.12. The Bertz CT molecular complexity index is 920. The second-order valence-electron chi connectivity index (χ2n) is 5.12. The third-order valence-electron chi connectivity index (χ3n) is 3.46. The minimum absolute atomic E-state index is 0.0631. The van der Waals surface area contributed by atoms with Gasteiger partial charge in [0.2, 0.25) is 0 Å². The summed E-state index contributed by atoms with van der Waals surface area (Å²) in [7, 11) is 1.09. The second kappa shape index (κ2) is 8.70. The van der Waals surface area contributed by atoms with Gasteiger partial charge in [-0.05, 0) is 6.07 Å². The van der Waals surface area contributed by atoms with Gasteiger partial charge in [0.1, 0.15) is 12.2 Å². The molecule has 0 radical (unpaired) electrons. The standard InChI is InChI=1S/C16H12F2N2O8/c1-26-13-6-10(12(20(24)25)7-14(13)28-16(17)18)15(21)27-8-9-4-2-3-5-11(9)19(22)23/h2-7,16H,8H2,1H3. The Morgan fingerprint density at radius 2 is 1.71 bits per heavy atom. The largest absolute Gasteiger partial charge is 0.493 e. The number of alkyl halides is 2. The Labute approximate surface area is 155 Å². The monoisotopic (exact) mass is 398 g/mol. The van der Waals surface area contributed by atoms with Gasteiger partial charge in [-0.25, -0.2) is 4.79 Å². The van der Waals surface area contributed by atoms with Crippen LogP contribution in [0.25, 0.3) is 0 Å². The van der Waals surface area contributed by atoms with Crippen molar-refractivity contribution in [3.8, 4) is 11.5 Å². The number of esters is 1. The van der Waals surface area contributed by atoms with E-state index in [1.807, 2.05) is 0 Å². The van der Waals surface area contributed by atoms with E-state index in [2.05, 4.69) is 4.74 Å². The van der Waals surface area contributed by atoms with Crippen LogP contribution < -0.4 is 9.47 Å². The van der Waals surface area contributed by atoms with E-state index in [4.69, 9.17) is 9.47 Å². The Morgan fingerprint density at radius 1 is 1.07 bits per heavy atom. The van der Waals surface area contributed by atoms with Gasteiger partial charge < -0.3 is 14.2 Å². The quantitative estimate of drug-likeness (QED) is 0.375. The lowest BCUT2D eigenvalue weighted by molar-refractivity contribution is -0.385. The van der Waals surface area contributed by atoms with Crippen LogP contribution in [0.2, 0.25) is 0 Å². The predicted molar refractivity (Wildman–Crippen MR) is 88.5 cm³/mol. The summed E-state index contributed by atoms with van der Waals surface area (Å²) in [6, 6.07) is 6.87. The molecule has 0 heterocycles. The fourth-order valence-electron chi connectivity index (χ4n) is 2.24. The minimum Gasteiger partial charge on any atom is -0.493 e. The molecule has 0 aromatic heterocycles. The molecule has 0 bridgehead atoms. The van der Waals surface area contributed by atoms with Crippen LogP contribution in [0, 0.1) is 20.2 Å². The highest BCUT2D eigenvalue weighted by atomic mass is 19.3. The maximum Gasteiger partial charge on any atom is 0.387 e. The van der Waals surface area contributed by atoms with Crippen LogP contribution in [0.15, 0.2) is 36.4 Å². The number of halogens is 2. The zero-order valence-corrected chi connectivity index (χ0v) is 14.2. The third-order valence-corrected chi connectivity index (χ3v) is 3.46. The van der Waals surface area contributed by atoms with Crippen LogP contribution in [0.4, 0.5) is 20.2 Å². The lowest BCUT2D eigenvalue weighted by Gasteiger charge is -2.12. The highest BCUT2D eigenvalue weighted by Gasteiger charge is 2.27. The number of hydrogen-bond acceptors (Lipinski definition) is 8. The van der Waals surface area contributed by atoms with Gasteiger partial charge in [0.25, 0.3) is 11.4 Å². The summed E-state index contributed by atoms with van der Waals surface area (Å²) in [5.41, 5.74) is -1.69. The molecule has 0 atom stereocenters. The van der Waals surface area contributed by atoms with E-state index in [9.17, 15) is 33.8 Å². The van der Waals surface area contributed by atoms with E-state index in [1.165, 1.54) is 24.3 Å². The zero-order valence-electron chi connectivity index (χ0n) is 14.2. The number of para-hydroxylation sites is 1. The van der Waals surface area contributed by atoms with Crippen molar-refractivity contribution in [1.29, 1.82) is 0 Å². The third kappa shape index (κ3) is 4.66. The Kier molecular flexibility index (Phi) is 6.37. The maximum atomic E-state index is 12.4. The molecule has 0 spiro atoms. The smallest absolute Gasteiger partial charge is 0.387 e. The van der Waals surface area contributed by atoms with Gasteiger partial charge in [-0.3, -0.25) is 20.2 Å². The molecule has 10 nitrogen and oxygen atoms in total. The molecule has 0 aliphatic heterocycles. The van der Waals surface area contributed by atoms with Crippen LogP contribution in [0.3, 0.4) is 0 Å². The van der Waals surface area contributed by atoms with Crippen LogP contribution >= 0.6 is 0 Å². The van der Waals surface area contributed by atoms with E-state index in [0.717, 1.165) is 13.2 Å². The lowest BCUT2D eigenvalue weighted by Crippen LogP contribution is -2.11. The first-order valence-electron chi connectivity index (χ1n) is 7.45. The van der Waals surface area contributed by atoms with E-state index in [0.29, 0.717) is 6.07 Å². The molecule has 12 heteroatoms. The number of carbonyl (C=O) groups is 1. The zero-order chi connectivity index (χ0) is 20.8. The van der Waals surface area contributed by atoms with Crippen molar-refractivity contribution in [1.82, 2.24) is 0 Å². The number of rotatable bonds is 8. The van der Waals surface area contributed by atoms with E-state index in [1.54, 1.807) is 0 Å². The number of nitrogens with zero attached hydrogens (tertiary/aromatic N) is 2. The summed E-state index contributed by atoms with van der Waals surface area (Å²) in [6.45, 7) is -3.81. The number of benzene rings is 2. The number of carbonyl (C=O) groups excluding carboxylic acids is 1. The summed E-state index contributed by atoms with van der Waals surface area (Å²) in [4.78, 5) is 32.8. The summed E-state index contributed by atoms with van der Waals surface area (Å²) in [5, 5.41) is 22.2. The number of ether oxygens (including phenoxy) is 3. The van der Waals surface area contributed by atoms with Crippen LogP contribution in [0.5, 0.6) is 11.5 Å². The molecule has 0 aliphatic carbocycles. The molecule has 0 unspecified atom stereocenters. The molecule has 2 aromatic rings. The average molecular weight is 398 g/mol. The fraction of sp³-hybridized carbons (Fsp3) is 0.188. The maximum absolute atomic E-state index is 12.4. The van der Waals surface area contributed by atoms with Gasteiger partial charge in [0, 0.05) is 12.1 Å². The molecule has 2 rings (SSSR count). The summed E-state index contributed by atoms with van der Waals surface area (Å²) in [5.74, 6) is -2.20. The first kappa shape index (κ1) is 20.5. The molecule has 148 valence electrons. The van der Waals surface area contributed by atoms with E-state index >= 15 is 0 Å². The summed E-state index contributed by atoms with van der Waals surface area (Å²) in [6.07, 6.45) is 0. The minimum atomic E-state index is -3.27. The lowest BCUT2D eigenvalue weighted by atomic mass is 10.1. The van der Waals surface area contributed by atoms with Crippen LogP contribution in [0.1, 0.15) is 15.9 Å².